The third-order valence-electron chi connectivity index (χ3n) is 4.31. The van der Waals surface area contributed by atoms with Crippen molar-refractivity contribution in [2.24, 2.45) is 0 Å². The molecular weight excluding hydrogens is 256 g/mol. The van der Waals surface area contributed by atoms with Crippen molar-refractivity contribution in [3.8, 4) is 0 Å². The molecule has 2 nitrogen and oxygen atoms in total. The first-order chi connectivity index (χ1) is 10.4. The predicted octanol–water partition coefficient (Wildman–Crippen LogP) is 4.20. The molecule has 1 aromatic heterocycles. The third-order valence-corrected chi connectivity index (χ3v) is 4.31. The monoisotopic (exact) mass is 274 g/mol. The summed E-state index contributed by atoms with van der Waals surface area (Å²) in [5, 5.41) is 4.84. The number of anilines is 1. The van der Waals surface area contributed by atoms with E-state index >= 15 is 0 Å². The number of benzene rings is 2. The van der Waals surface area contributed by atoms with Crippen LogP contribution in [0.1, 0.15) is 17.5 Å². The highest BCUT2D eigenvalue weighted by molar-refractivity contribution is 5.81. The van der Waals surface area contributed by atoms with Crippen molar-refractivity contribution in [3.63, 3.8) is 0 Å². The number of nitrogens with one attached hydrogen (secondary N) is 1. The van der Waals surface area contributed by atoms with E-state index in [-0.39, 0.29) is 0 Å². The summed E-state index contributed by atoms with van der Waals surface area (Å²) in [6.07, 6.45) is 5.39. The molecule has 21 heavy (non-hydrogen) atoms. The quantitative estimate of drug-likeness (QED) is 0.757. The molecule has 1 aliphatic rings. The van der Waals surface area contributed by atoms with Crippen LogP contribution in [0.25, 0.3) is 10.9 Å². The molecular formula is C19H18N2. The van der Waals surface area contributed by atoms with Crippen molar-refractivity contribution in [1.82, 2.24) is 4.98 Å². The Kier molecular flexibility index (Phi) is 3.07. The summed E-state index contributed by atoms with van der Waals surface area (Å²) in [5.74, 6) is 0. The average molecular weight is 274 g/mol. The standard InChI is InChI=1S/C19H18N2/c1-2-6-15-11-17(10-9-14(15)5-1)21-18-12-16-7-3-4-8-19(16)20-13-18/h1-8,12-13,17,21H,9-11H2. The van der Waals surface area contributed by atoms with Crippen LogP contribution in [0.5, 0.6) is 0 Å². The molecule has 0 saturated heterocycles. The summed E-state index contributed by atoms with van der Waals surface area (Å²) in [6, 6.07) is 19.7. The molecule has 2 aromatic carbocycles. The molecule has 0 saturated carbocycles. The van der Waals surface area contributed by atoms with E-state index in [0.717, 1.165) is 24.0 Å². The maximum absolute atomic E-state index is 4.53. The van der Waals surface area contributed by atoms with Crippen LogP contribution in [0.15, 0.2) is 60.8 Å². The SMILES string of the molecule is c1ccc2c(c1)CCC(Nc1cnc3ccccc3c1)C2. The van der Waals surface area contributed by atoms with Crippen molar-refractivity contribution >= 4 is 16.6 Å². The van der Waals surface area contributed by atoms with Crippen molar-refractivity contribution < 1.29 is 0 Å². The first kappa shape index (κ1) is 12.4. The minimum absolute atomic E-state index is 0.503. The predicted molar refractivity (Wildman–Crippen MR) is 87.6 cm³/mol. The average Bonchev–Trinajstić information content (AvgIpc) is 2.55. The van der Waals surface area contributed by atoms with Crippen LogP contribution >= 0.6 is 0 Å². The first-order valence-electron chi connectivity index (χ1n) is 7.56. The van der Waals surface area contributed by atoms with E-state index in [4.69, 9.17) is 0 Å². The van der Waals surface area contributed by atoms with E-state index in [1.807, 2.05) is 12.3 Å². The molecule has 4 rings (SSSR count). The van der Waals surface area contributed by atoms with E-state index in [1.165, 1.54) is 22.9 Å². The van der Waals surface area contributed by atoms with Gasteiger partial charge in [-0.15, -0.1) is 0 Å². The lowest BCUT2D eigenvalue weighted by Gasteiger charge is -2.26. The summed E-state index contributed by atoms with van der Waals surface area (Å²) in [7, 11) is 0. The molecule has 1 N–H and O–H groups in total. The van der Waals surface area contributed by atoms with E-state index < -0.39 is 0 Å². The molecule has 0 radical (unpaired) electrons. The minimum Gasteiger partial charge on any atom is -0.381 e. The number of aromatic nitrogens is 1. The Hall–Kier alpha value is -2.35. The maximum atomic E-state index is 4.53. The molecule has 2 heteroatoms. The van der Waals surface area contributed by atoms with Crippen LogP contribution in [0.3, 0.4) is 0 Å². The normalized spacial score (nSPS) is 17.4. The number of para-hydroxylation sites is 1. The van der Waals surface area contributed by atoms with Crippen molar-refractivity contribution in [2.45, 2.75) is 25.3 Å². The number of fused-ring (bicyclic) bond motifs is 2. The second-order valence-corrected chi connectivity index (χ2v) is 5.77. The number of hydrogen-bond donors (Lipinski definition) is 1. The Bertz CT molecular complexity index is 779. The number of rotatable bonds is 2. The molecule has 0 spiro atoms. The van der Waals surface area contributed by atoms with Gasteiger partial charge in [-0.3, -0.25) is 4.98 Å². The zero-order valence-electron chi connectivity index (χ0n) is 11.9. The highest BCUT2D eigenvalue weighted by atomic mass is 14.9. The zero-order valence-corrected chi connectivity index (χ0v) is 11.9. The van der Waals surface area contributed by atoms with Gasteiger partial charge in [0, 0.05) is 11.4 Å². The van der Waals surface area contributed by atoms with Gasteiger partial charge in [0.25, 0.3) is 0 Å². The lowest BCUT2D eigenvalue weighted by Crippen LogP contribution is -2.27. The van der Waals surface area contributed by atoms with Gasteiger partial charge in [0.1, 0.15) is 0 Å². The highest BCUT2D eigenvalue weighted by Gasteiger charge is 2.17. The molecule has 1 heterocycles. The van der Waals surface area contributed by atoms with E-state index in [9.17, 15) is 0 Å². The van der Waals surface area contributed by atoms with E-state index in [1.54, 1.807) is 0 Å². The van der Waals surface area contributed by atoms with Gasteiger partial charge in [-0.1, -0.05) is 42.5 Å². The van der Waals surface area contributed by atoms with Crippen LogP contribution in [0.4, 0.5) is 5.69 Å². The van der Waals surface area contributed by atoms with E-state index in [0.29, 0.717) is 6.04 Å². The third kappa shape index (κ3) is 2.49. The van der Waals surface area contributed by atoms with Gasteiger partial charge in [-0.25, -0.2) is 0 Å². The fourth-order valence-corrected chi connectivity index (χ4v) is 3.21. The van der Waals surface area contributed by atoms with Gasteiger partial charge in [0.05, 0.1) is 17.4 Å². The number of hydrogen-bond acceptors (Lipinski definition) is 2. The number of nitrogens with zero attached hydrogens (tertiary/aromatic N) is 1. The lowest BCUT2D eigenvalue weighted by molar-refractivity contribution is 0.611. The Morgan fingerprint density at radius 3 is 2.71 bits per heavy atom. The fraction of sp³-hybridized carbons (Fsp3) is 0.211. The topological polar surface area (TPSA) is 24.9 Å². The fourth-order valence-electron chi connectivity index (χ4n) is 3.21. The number of aryl methyl sites for hydroxylation is 1. The van der Waals surface area contributed by atoms with E-state index in [2.05, 4.69) is 58.8 Å². The van der Waals surface area contributed by atoms with Gasteiger partial charge in [0.15, 0.2) is 0 Å². The minimum atomic E-state index is 0.503. The molecule has 1 unspecified atom stereocenters. The lowest BCUT2D eigenvalue weighted by atomic mass is 9.88. The highest BCUT2D eigenvalue weighted by Crippen LogP contribution is 2.24. The van der Waals surface area contributed by atoms with Gasteiger partial charge < -0.3 is 5.32 Å². The second-order valence-electron chi connectivity index (χ2n) is 5.77. The smallest absolute Gasteiger partial charge is 0.0703 e. The molecule has 1 aliphatic carbocycles. The maximum Gasteiger partial charge on any atom is 0.0703 e. The number of pyridine rings is 1. The first-order valence-corrected chi connectivity index (χ1v) is 7.56. The summed E-state index contributed by atoms with van der Waals surface area (Å²) in [5.41, 5.74) is 5.16. The van der Waals surface area contributed by atoms with Crippen LogP contribution in [-0.4, -0.2) is 11.0 Å². The van der Waals surface area contributed by atoms with Gasteiger partial charge in [0.2, 0.25) is 0 Å². The van der Waals surface area contributed by atoms with Gasteiger partial charge >= 0.3 is 0 Å². The Balaban J connectivity index is 1.55. The summed E-state index contributed by atoms with van der Waals surface area (Å²) in [4.78, 5) is 4.53. The van der Waals surface area contributed by atoms with Crippen molar-refractivity contribution in [3.05, 3.63) is 71.9 Å². The molecule has 0 fully saturated rings. The molecule has 104 valence electrons. The van der Waals surface area contributed by atoms with Crippen LogP contribution in [0.2, 0.25) is 0 Å². The van der Waals surface area contributed by atoms with Crippen molar-refractivity contribution in [1.29, 1.82) is 0 Å². The van der Waals surface area contributed by atoms with Crippen LogP contribution in [0, 0.1) is 0 Å². The summed E-state index contributed by atoms with van der Waals surface area (Å²) >= 11 is 0. The Morgan fingerprint density at radius 2 is 1.76 bits per heavy atom. The summed E-state index contributed by atoms with van der Waals surface area (Å²) in [6.45, 7) is 0. The van der Waals surface area contributed by atoms with Crippen LogP contribution < -0.4 is 5.32 Å². The molecule has 1 atom stereocenters. The molecule has 0 aliphatic heterocycles. The zero-order chi connectivity index (χ0) is 14.1. The summed E-state index contributed by atoms with van der Waals surface area (Å²) < 4.78 is 0. The molecule has 3 aromatic rings. The largest absolute Gasteiger partial charge is 0.381 e. The van der Waals surface area contributed by atoms with Crippen LogP contribution in [-0.2, 0) is 12.8 Å². The van der Waals surface area contributed by atoms with Crippen molar-refractivity contribution in [2.75, 3.05) is 5.32 Å². The molecule has 0 amide bonds. The Morgan fingerprint density at radius 1 is 0.952 bits per heavy atom. The Labute approximate surface area is 124 Å². The molecule has 0 bridgehead atoms. The van der Waals surface area contributed by atoms with Gasteiger partial charge in [-0.2, -0.15) is 0 Å². The van der Waals surface area contributed by atoms with Gasteiger partial charge in [-0.05, 0) is 42.5 Å². The second kappa shape index (κ2) is 5.21.